The maximum absolute atomic E-state index is 12.6. The number of nitrogens with zero attached hydrogens (tertiary/aromatic N) is 3. The van der Waals surface area contributed by atoms with Gasteiger partial charge in [0, 0.05) is 27.3 Å². The number of amides is 2. The molecule has 2 N–H and O–H groups in total. The lowest BCUT2D eigenvalue weighted by Gasteiger charge is -2.12. The number of aromatic nitrogens is 3. The Morgan fingerprint density at radius 2 is 1.85 bits per heavy atom. The van der Waals surface area contributed by atoms with Crippen molar-refractivity contribution >= 4 is 56.8 Å². The van der Waals surface area contributed by atoms with Gasteiger partial charge in [-0.1, -0.05) is 45.4 Å². The van der Waals surface area contributed by atoms with Crippen LogP contribution in [0.4, 0.5) is 5.69 Å². The fraction of sp³-hybridized carbons (Fsp3) is 0.217. The number of allylic oxidation sites excluding steroid dienone is 1. The van der Waals surface area contributed by atoms with Gasteiger partial charge in [-0.2, -0.15) is 0 Å². The first-order valence-electron chi connectivity index (χ1n) is 10.0. The van der Waals surface area contributed by atoms with E-state index in [1.807, 2.05) is 30.5 Å². The average molecular weight is 549 g/mol. The minimum absolute atomic E-state index is 0.140. The van der Waals surface area contributed by atoms with Crippen molar-refractivity contribution in [3.8, 4) is 0 Å². The first-order chi connectivity index (χ1) is 15.8. The number of anilines is 1. The molecule has 0 fully saturated rings. The molecule has 7 nitrogen and oxygen atoms in total. The second-order valence-electron chi connectivity index (χ2n) is 7.24. The van der Waals surface area contributed by atoms with Gasteiger partial charge in [0.05, 0.1) is 12.3 Å². The van der Waals surface area contributed by atoms with Gasteiger partial charge in [0.1, 0.15) is 0 Å². The number of nitrogens with one attached hydrogen (secondary N) is 2. The molecule has 3 rings (SSSR count). The number of hydrogen-bond donors (Lipinski definition) is 2. The number of carbonyl (C=O) groups is 2. The van der Waals surface area contributed by atoms with E-state index < -0.39 is 0 Å². The van der Waals surface area contributed by atoms with Crippen LogP contribution in [0.2, 0.25) is 5.02 Å². The summed E-state index contributed by atoms with van der Waals surface area (Å²) in [5.41, 5.74) is 3.27. The van der Waals surface area contributed by atoms with E-state index in [1.54, 1.807) is 30.3 Å². The summed E-state index contributed by atoms with van der Waals surface area (Å²) in [5, 5.41) is 15.3. The Hall–Kier alpha value is -2.62. The standard InChI is InChI=1S/C23H23BrClN5O2S/c1-4-9-30-19(12-26-22(32)16-5-7-18(25)8-6-16)28-29-23(30)33-13-20(31)27-21-14(2)10-17(24)11-15(21)3/h4-8,10-11H,1,9,12-13H2,2-3H3,(H,26,32)(H,27,31). The third-order valence-corrected chi connectivity index (χ3v) is 6.39. The molecule has 172 valence electrons. The Morgan fingerprint density at radius 1 is 1.18 bits per heavy atom. The first kappa shape index (κ1) is 25.0. The lowest BCUT2D eigenvalue weighted by molar-refractivity contribution is -0.113. The van der Waals surface area contributed by atoms with Gasteiger partial charge in [-0.05, 0) is 61.4 Å². The number of rotatable bonds is 9. The summed E-state index contributed by atoms with van der Waals surface area (Å²) in [6.45, 7) is 8.32. The van der Waals surface area contributed by atoms with E-state index in [-0.39, 0.29) is 24.1 Å². The van der Waals surface area contributed by atoms with Crippen molar-refractivity contribution < 1.29 is 9.59 Å². The molecule has 0 bridgehead atoms. The molecule has 0 spiro atoms. The van der Waals surface area contributed by atoms with E-state index in [1.165, 1.54) is 11.8 Å². The van der Waals surface area contributed by atoms with Gasteiger partial charge in [-0.25, -0.2) is 0 Å². The zero-order valence-corrected chi connectivity index (χ0v) is 21.4. The number of aryl methyl sites for hydroxylation is 2. The molecule has 0 saturated carbocycles. The Kier molecular flexibility index (Phi) is 8.71. The minimum atomic E-state index is -0.242. The SMILES string of the molecule is C=CCn1c(CNC(=O)c2ccc(Cl)cc2)nnc1SCC(=O)Nc1c(C)cc(Br)cc1C. The molecule has 0 aliphatic heterocycles. The smallest absolute Gasteiger partial charge is 0.251 e. The summed E-state index contributed by atoms with van der Waals surface area (Å²) < 4.78 is 2.79. The van der Waals surface area contributed by atoms with Crippen molar-refractivity contribution in [2.24, 2.45) is 0 Å². The summed E-state index contributed by atoms with van der Waals surface area (Å²) in [4.78, 5) is 24.9. The summed E-state index contributed by atoms with van der Waals surface area (Å²) in [7, 11) is 0. The highest BCUT2D eigenvalue weighted by Gasteiger charge is 2.16. The lowest BCUT2D eigenvalue weighted by Crippen LogP contribution is -2.24. The van der Waals surface area contributed by atoms with Crippen molar-refractivity contribution in [2.75, 3.05) is 11.1 Å². The first-order valence-corrected chi connectivity index (χ1v) is 12.2. The van der Waals surface area contributed by atoms with Crippen LogP contribution in [-0.2, 0) is 17.9 Å². The third-order valence-electron chi connectivity index (χ3n) is 4.71. The van der Waals surface area contributed by atoms with Crippen LogP contribution in [0.3, 0.4) is 0 Å². The van der Waals surface area contributed by atoms with Crippen molar-refractivity contribution in [2.45, 2.75) is 32.1 Å². The summed E-state index contributed by atoms with van der Waals surface area (Å²) in [6.07, 6.45) is 1.71. The normalized spacial score (nSPS) is 10.7. The van der Waals surface area contributed by atoms with Crippen LogP contribution < -0.4 is 10.6 Å². The highest BCUT2D eigenvalue weighted by atomic mass is 79.9. The zero-order valence-electron chi connectivity index (χ0n) is 18.2. The fourth-order valence-electron chi connectivity index (χ4n) is 3.15. The summed E-state index contributed by atoms with van der Waals surface area (Å²) >= 11 is 10.6. The molecule has 2 amide bonds. The minimum Gasteiger partial charge on any atom is -0.345 e. The van der Waals surface area contributed by atoms with Gasteiger partial charge >= 0.3 is 0 Å². The van der Waals surface area contributed by atoms with E-state index in [9.17, 15) is 9.59 Å². The second-order valence-corrected chi connectivity index (χ2v) is 9.53. The molecular formula is C23H23BrClN5O2S. The van der Waals surface area contributed by atoms with E-state index in [0.717, 1.165) is 21.3 Å². The number of thioether (sulfide) groups is 1. The van der Waals surface area contributed by atoms with E-state index in [2.05, 4.69) is 43.3 Å². The van der Waals surface area contributed by atoms with E-state index in [4.69, 9.17) is 11.6 Å². The molecule has 2 aromatic carbocycles. The molecular weight excluding hydrogens is 526 g/mol. The van der Waals surface area contributed by atoms with Crippen LogP contribution in [0.25, 0.3) is 0 Å². The molecule has 0 aliphatic rings. The van der Waals surface area contributed by atoms with Gasteiger partial charge in [0.2, 0.25) is 5.91 Å². The molecule has 0 radical (unpaired) electrons. The topological polar surface area (TPSA) is 88.9 Å². The Morgan fingerprint density at radius 3 is 2.48 bits per heavy atom. The van der Waals surface area contributed by atoms with Gasteiger partial charge in [0.15, 0.2) is 11.0 Å². The van der Waals surface area contributed by atoms with Crippen LogP contribution in [0.1, 0.15) is 27.3 Å². The quantitative estimate of drug-likeness (QED) is 0.285. The van der Waals surface area contributed by atoms with Gasteiger partial charge in [-0.15, -0.1) is 16.8 Å². The predicted octanol–water partition coefficient (Wildman–Crippen LogP) is 5.16. The van der Waals surface area contributed by atoms with Crippen LogP contribution >= 0.6 is 39.3 Å². The number of hydrogen-bond acceptors (Lipinski definition) is 5. The third kappa shape index (κ3) is 6.69. The number of halogens is 2. The van der Waals surface area contributed by atoms with Crippen LogP contribution in [0.5, 0.6) is 0 Å². The fourth-order valence-corrected chi connectivity index (χ4v) is 4.72. The monoisotopic (exact) mass is 547 g/mol. The van der Waals surface area contributed by atoms with Gasteiger partial charge in [0.25, 0.3) is 5.91 Å². The maximum atomic E-state index is 12.6. The van der Waals surface area contributed by atoms with Crippen LogP contribution in [0.15, 0.2) is 58.7 Å². The van der Waals surface area contributed by atoms with Crippen molar-refractivity contribution in [1.29, 1.82) is 0 Å². The molecule has 3 aromatic rings. The predicted molar refractivity (Wildman–Crippen MR) is 136 cm³/mol. The van der Waals surface area contributed by atoms with E-state index >= 15 is 0 Å². The Labute approximate surface area is 210 Å². The Balaban J connectivity index is 1.63. The van der Waals surface area contributed by atoms with Crippen molar-refractivity contribution in [1.82, 2.24) is 20.1 Å². The van der Waals surface area contributed by atoms with Crippen LogP contribution in [-0.4, -0.2) is 32.3 Å². The van der Waals surface area contributed by atoms with Crippen LogP contribution in [0, 0.1) is 13.8 Å². The molecule has 0 saturated heterocycles. The summed E-state index contributed by atoms with van der Waals surface area (Å²) in [5.74, 6) is 0.356. The highest BCUT2D eigenvalue weighted by Crippen LogP contribution is 2.26. The molecule has 0 unspecified atom stereocenters. The maximum Gasteiger partial charge on any atom is 0.251 e. The zero-order chi connectivity index (χ0) is 24.0. The molecule has 0 atom stereocenters. The Bertz CT molecular complexity index is 1160. The van der Waals surface area contributed by atoms with Gasteiger partial charge < -0.3 is 15.2 Å². The number of carbonyl (C=O) groups excluding carboxylic acids is 2. The molecule has 10 heteroatoms. The second kappa shape index (κ2) is 11.5. The molecule has 0 aliphatic carbocycles. The number of benzene rings is 2. The van der Waals surface area contributed by atoms with E-state index in [0.29, 0.717) is 28.1 Å². The van der Waals surface area contributed by atoms with Gasteiger partial charge in [-0.3, -0.25) is 9.59 Å². The largest absolute Gasteiger partial charge is 0.345 e. The highest BCUT2D eigenvalue weighted by molar-refractivity contribution is 9.10. The average Bonchev–Trinajstić information content (AvgIpc) is 3.15. The van der Waals surface area contributed by atoms with Crippen molar-refractivity contribution in [3.05, 3.63) is 81.1 Å². The molecule has 1 heterocycles. The molecule has 33 heavy (non-hydrogen) atoms. The molecule has 1 aromatic heterocycles. The lowest BCUT2D eigenvalue weighted by atomic mass is 10.1. The van der Waals surface area contributed by atoms with Crippen molar-refractivity contribution in [3.63, 3.8) is 0 Å². The summed E-state index contributed by atoms with van der Waals surface area (Å²) in [6, 6.07) is 10.5.